The van der Waals surface area contributed by atoms with Gasteiger partial charge < -0.3 is 20.5 Å². The molecule has 3 rings (SSSR count). The third-order valence-electron chi connectivity index (χ3n) is 5.67. The Hall–Kier alpha value is -1.59. The standard InChI is InChI=1S/C18H26N2O3/c1-17(2)15-14(5-4-10-23-15)18(17,19)16(21)20-11-12-6-8-13(22-3)9-7-12/h6-9,14-15H,4-5,10-11,19H2,1-3H3,(H,20,21). The molecule has 3 N–H and O–H groups in total. The molecular formula is C18H26N2O3. The SMILES string of the molecule is COc1ccc(CNC(=O)C2(N)C3CCCOC3C2(C)C)cc1. The summed E-state index contributed by atoms with van der Waals surface area (Å²) in [7, 11) is 1.64. The van der Waals surface area contributed by atoms with Crippen molar-refractivity contribution in [2.24, 2.45) is 17.1 Å². The number of fused-ring (bicyclic) bond motifs is 1. The van der Waals surface area contributed by atoms with Crippen LogP contribution < -0.4 is 15.8 Å². The van der Waals surface area contributed by atoms with Gasteiger partial charge in [0.2, 0.25) is 5.91 Å². The van der Waals surface area contributed by atoms with Gasteiger partial charge in [-0.3, -0.25) is 4.79 Å². The van der Waals surface area contributed by atoms with Gasteiger partial charge in [0.1, 0.15) is 11.3 Å². The first-order valence-electron chi connectivity index (χ1n) is 8.23. The van der Waals surface area contributed by atoms with E-state index in [1.807, 2.05) is 38.1 Å². The topological polar surface area (TPSA) is 73.6 Å². The number of nitrogens with one attached hydrogen (secondary N) is 1. The molecule has 0 bridgehead atoms. The molecule has 1 saturated heterocycles. The minimum absolute atomic E-state index is 0.0786. The molecule has 1 heterocycles. The Kier molecular flexibility index (Phi) is 4.10. The first kappa shape index (κ1) is 16.3. The minimum atomic E-state index is -0.857. The summed E-state index contributed by atoms with van der Waals surface area (Å²) < 4.78 is 11.0. The van der Waals surface area contributed by atoms with Crippen molar-refractivity contribution in [3.63, 3.8) is 0 Å². The van der Waals surface area contributed by atoms with Crippen LogP contribution in [0.1, 0.15) is 32.3 Å². The van der Waals surface area contributed by atoms with Crippen molar-refractivity contribution in [2.75, 3.05) is 13.7 Å². The largest absolute Gasteiger partial charge is 0.497 e. The summed E-state index contributed by atoms with van der Waals surface area (Å²) in [5, 5.41) is 3.01. The summed E-state index contributed by atoms with van der Waals surface area (Å²) in [6.07, 6.45) is 2.02. The van der Waals surface area contributed by atoms with Crippen LogP contribution in [0.15, 0.2) is 24.3 Å². The maximum absolute atomic E-state index is 12.8. The van der Waals surface area contributed by atoms with E-state index in [0.717, 1.165) is 30.8 Å². The summed E-state index contributed by atoms with van der Waals surface area (Å²) in [6.45, 7) is 5.31. The maximum Gasteiger partial charge on any atom is 0.241 e. The Labute approximate surface area is 137 Å². The number of hydrogen-bond acceptors (Lipinski definition) is 4. The van der Waals surface area contributed by atoms with Gasteiger partial charge in [0.05, 0.1) is 13.2 Å². The Morgan fingerprint density at radius 2 is 2.09 bits per heavy atom. The Balaban J connectivity index is 1.67. The summed E-state index contributed by atoms with van der Waals surface area (Å²) in [4.78, 5) is 12.8. The van der Waals surface area contributed by atoms with Crippen LogP contribution in [0.3, 0.4) is 0 Å². The lowest BCUT2D eigenvalue weighted by atomic mass is 9.46. The number of hydrogen-bond donors (Lipinski definition) is 2. The average molecular weight is 318 g/mol. The second-order valence-corrected chi connectivity index (χ2v) is 7.16. The lowest BCUT2D eigenvalue weighted by Gasteiger charge is -2.65. The highest BCUT2D eigenvalue weighted by atomic mass is 16.5. The predicted molar refractivity (Wildman–Crippen MR) is 88.0 cm³/mol. The number of ether oxygens (including phenoxy) is 2. The Morgan fingerprint density at radius 3 is 2.74 bits per heavy atom. The molecule has 0 aromatic heterocycles. The van der Waals surface area contributed by atoms with Crippen molar-refractivity contribution in [3.8, 4) is 5.75 Å². The molecule has 5 nitrogen and oxygen atoms in total. The van der Waals surface area contributed by atoms with E-state index in [1.165, 1.54) is 0 Å². The number of methoxy groups -OCH3 is 1. The first-order chi connectivity index (χ1) is 10.9. The van der Waals surface area contributed by atoms with Gasteiger partial charge in [0.15, 0.2) is 0 Å². The fourth-order valence-electron chi connectivity index (χ4n) is 4.11. The molecule has 5 heteroatoms. The molecule has 0 spiro atoms. The van der Waals surface area contributed by atoms with E-state index in [-0.39, 0.29) is 23.3 Å². The van der Waals surface area contributed by atoms with E-state index in [0.29, 0.717) is 6.54 Å². The lowest BCUT2D eigenvalue weighted by Crippen LogP contribution is -2.82. The van der Waals surface area contributed by atoms with E-state index in [1.54, 1.807) is 7.11 Å². The zero-order valence-corrected chi connectivity index (χ0v) is 14.1. The van der Waals surface area contributed by atoms with Crippen LogP contribution in [0.5, 0.6) is 5.75 Å². The molecule has 1 aromatic carbocycles. The highest BCUT2D eigenvalue weighted by Gasteiger charge is 2.70. The average Bonchev–Trinajstić information content (AvgIpc) is 2.59. The Morgan fingerprint density at radius 1 is 1.39 bits per heavy atom. The molecule has 1 aliphatic carbocycles. The molecule has 1 aromatic rings. The number of amides is 1. The first-order valence-corrected chi connectivity index (χ1v) is 8.23. The summed E-state index contributed by atoms with van der Waals surface area (Å²) >= 11 is 0. The van der Waals surface area contributed by atoms with Gasteiger partial charge in [-0.15, -0.1) is 0 Å². The number of rotatable bonds is 4. The van der Waals surface area contributed by atoms with Crippen LogP contribution >= 0.6 is 0 Å². The normalized spacial score (nSPS) is 31.7. The number of carbonyl (C=O) groups is 1. The van der Waals surface area contributed by atoms with Gasteiger partial charge in [-0.05, 0) is 30.5 Å². The van der Waals surface area contributed by atoms with Crippen molar-refractivity contribution in [1.29, 1.82) is 0 Å². The molecule has 126 valence electrons. The van der Waals surface area contributed by atoms with Gasteiger partial charge in [0.25, 0.3) is 0 Å². The molecule has 3 atom stereocenters. The van der Waals surface area contributed by atoms with Crippen LogP contribution in [0, 0.1) is 11.3 Å². The quantitative estimate of drug-likeness (QED) is 0.888. The predicted octanol–water partition coefficient (Wildman–Crippen LogP) is 1.84. The molecule has 1 saturated carbocycles. The highest BCUT2D eigenvalue weighted by molar-refractivity contribution is 5.89. The molecular weight excluding hydrogens is 292 g/mol. The third kappa shape index (κ3) is 2.42. The van der Waals surface area contributed by atoms with E-state index in [2.05, 4.69) is 5.32 Å². The van der Waals surface area contributed by atoms with Crippen molar-refractivity contribution in [1.82, 2.24) is 5.32 Å². The van der Waals surface area contributed by atoms with E-state index >= 15 is 0 Å². The van der Waals surface area contributed by atoms with E-state index in [9.17, 15) is 4.79 Å². The second kappa shape index (κ2) is 5.80. The fraction of sp³-hybridized carbons (Fsp3) is 0.611. The summed E-state index contributed by atoms with van der Waals surface area (Å²) in [5.41, 5.74) is 6.40. The second-order valence-electron chi connectivity index (χ2n) is 7.16. The molecule has 2 aliphatic rings. The summed E-state index contributed by atoms with van der Waals surface area (Å²) in [6, 6.07) is 7.66. The van der Waals surface area contributed by atoms with Crippen molar-refractivity contribution in [3.05, 3.63) is 29.8 Å². The van der Waals surface area contributed by atoms with Crippen LogP contribution in [-0.4, -0.2) is 31.3 Å². The van der Waals surface area contributed by atoms with Crippen LogP contribution in [0.25, 0.3) is 0 Å². The van der Waals surface area contributed by atoms with Crippen LogP contribution in [0.4, 0.5) is 0 Å². The van der Waals surface area contributed by atoms with Gasteiger partial charge in [0, 0.05) is 24.5 Å². The molecule has 1 amide bonds. The molecule has 3 unspecified atom stereocenters. The van der Waals surface area contributed by atoms with Gasteiger partial charge in [-0.25, -0.2) is 0 Å². The third-order valence-corrected chi connectivity index (χ3v) is 5.67. The van der Waals surface area contributed by atoms with Crippen LogP contribution in [0.2, 0.25) is 0 Å². The molecule has 0 radical (unpaired) electrons. The molecule has 1 aliphatic heterocycles. The minimum Gasteiger partial charge on any atom is -0.497 e. The van der Waals surface area contributed by atoms with Gasteiger partial charge in [-0.2, -0.15) is 0 Å². The highest BCUT2D eigenvalue weighted by Crippen LogP contribution is 2.57. The zero-order chi connectivity index (χ0) is 16.7. The number of benzene rings is 1. The monoisotopic (exact) mass is 318 g/mol. The zero-order valence-electron chi connectivity index (χ0n) is 14.1. The molecule has 2 fully saturated rings. The van der Waals surface area contributed by atoms with Crippen molar-refractivity contribution in [2.45, 2.75) is 44.9 Å². The van der Waals surface area contributed by atoms with Gasteiger partial charge in [-0.1, -0.05) is 26.0 Å². The maximum atomic E-state index is 12.8. The van der Waals surface area contributed by atoms with Gasteiger partial charge >= 0.3 is 0 Å². The lowest BCUT2D eigenvalue weighted by molar-refractivity contribution is -0.225. The Bertz CT molecular complexity index is 584. The number of nitrogens with two attached hydrogens (primary N) is 1. The summed E-state index contributed by atoms with van der Waals surface area (Å²) in [5.74, 6) is 0.838. The fourth-order valence-corrected chi connectivity index (χ4v) is 4.11. The van der Waals surface area contributed by atoms with Crippen LogP contribution in [-0.2, 0) is 16.1 Å². The smallest absolute Gasteiger partial charge is 0.241 e. The van der Waals surface area contributed by atoms with Crippen molar-refractivity contribution < 1.29 is 14.3 Å². The van der Waals surface area contributed by atoms with Crippen molar-refractivity contribution >= 4 is 5.91 Å². The van der Waals surface area contributed by atoms with E-state index < -0.39 is 5.54 Å². The van der Waals surface area contributed by atoms with E-state index in [4.69, 9.17) is 15.2 Å². The number of carbonyl (C=O) groups excluding carboxylic acids is 1. The molecule has 23 heavy (non-hydrogen) atoms.